The van der Waals surface area contributed by atoms with Gasteiger partial charge in [-0.25, -0.2) is 29.7 Å². The second kappa shape index (κ2) is 15.5. The molecule has 8 aromatic rings. The lowest BCUT2D eigenvalue weighted by Crippen LogP contribution is -2.10. The number of nitro groups is 2. The van der Waals surface area contributed by atoms with E-state index in [1.165, 1.54) is 6.20 Å². The molecular formula is C42H41ClN10O5S2. The number of imidazole rings is 2. The number of halogens is 1. The Bertz CT molecular complexity index is 3190. The van der Waals surface area contributed by atoms with Crippen LogP contribution in [0.25, 0.3) is 55.2 Å². The number of benzene rings is 2. The fraction of sp³-hybridized carbons (Fsp3) is 0.286. The lowest BCUT2D eigenvalue weighted by molar-refractivity contribution is -0.386. The maximum atomic E-state index is 12.0. The smallest absolute Gasteiger partial charge is 0.304 e. The number of nitro benzene ring substituents is 2. The van der Waals surface area contributed by atoms with Crippen LogP contribution in [0.2, 0.25) is 5.28 Å². The standard InChI is InChI=1S/C21H20ClN5O2S.C21H21N5O3S/c1-9-10(2)16(12(4)18(11(9)3)27(28)29)17-19(15-7-8-23-20(22)24-15)26-13(5)14(6)30-21(26)25-17;1-9-10(2)16(12(4)18(11(9)3)26(28)29)17-19(15-7-8-22-20(27)23-15)25-13(5)14(6)30-21(25)24-17/h7-8H,1-6H3;7-8H,1-6H3,(H,22,23,27). The SMILES string of the molecule is Cc1sc2nc(-c3c(C)c(C)c(C)c([N+](=O)[O-])c3C)c(-c3ccnc(=O)[nH]3)n2c1C.Cc1sc2nc(-c3c(C)c(C)c(C)c([N+](=O)[O-])c3C)c(-c3ccnc(Cl)n3)n2c1C. The van der Waals surface area contributed by atoms with Crippen LogP contribution in [-0.4, -0.2) is 48.6 Å². The molecule has 0 fully saturated rings. The van der Waals surface area contributed by atoms with E-state index in [1.54, 1.807) is 68.7 Å². The van der Waals surface area contributed by atoms with Gasteiger partial charge in [0.05, 0.1) is 26.9 Å². The van der Waals surface area contributed by atoms with Crippen molar-refractivity contribution in [3.63, 3.8) is 0 Å². The van der Waals surface area contributed by atoms with Crippen molar-refractivity contribution in [3.8, 4) is 45.3 Å². The van der Waals surface area contributed by atoms with Gasteiger partial charge < -0.3 is 4.98 Å². The van der Waals surface area contributed by atoms with Gasteiger partial charge in [0.1, 0.15) is 17.1 Å². The maximum Gasteiger partial charge on any atom is 0.345 e. The van der Waals surface area contributed by atoms with Crippen LogP contribution < -0.4 is 5.69 Å². The lowest BCUT2D eigenvalue weighted by atomic mass is 9.89. The molecular weight excluding hydrogens is 824 g/mol. The Hall–Kier alpha value is -6.17. The van der Waals surface area contributed by atoms with Crippen molar-refractivity contribution in [1.82, 2.24) is 38.7 Å². The summed E-state index contributed by atoms with van der Waals surface area (Å²) < 4.78 is 4.05. The van der Waals surface area contributed by atoms with Crippen LogP contribution in [0.3, 0.4) is 0 Å². The summed E-state index contributed by atoms with van der Waals surface area (Å²) >= 11 is 9.22. The summed E-state index contributed by atoms with van der Waals surface area (Å²) in [5.74, 6) is 0. The Labute approximate surface area is 357 Å². The summed E-state index contributed by atoms with van der Waals surface area (Å²) in [5.41, 5.74) is 13.4. The molecule has 6 aromatic heterocycles. The van der Waals surface area contributed by atoms with Crippen molar-refractivity contribution in [2.45, 2.75) is 83.1 Å². The topological polar surface area (TPSA) is 192 Å². The number of aromatic nitrogens is 8. The molecule has 1 N–H and O–H groups in total. The molecule has 0 aliphatic rings. The second-order valence-corrected chi connectivity index (χ2v) is 17.5. The molecule has 0 bridgehead atoms. The summed E-state index contributed by atoms with van der Waals surface area (Å²) in [6, 6.07) is 3.51. The first-order valence-electron chi connectivity index (χ1n) is 18.8. The molecule has 0 amide bonds. The van der Waals surface area contributed by atoms with E-state index in [0.29, 0.717) is 50.7 Å². The first-order valence-corrected chi connectivity index (χ1v) is 20.8. The molecule has 18 heteroatoms. The number of thiazole rings is 2. The molecule has 15 nitrogen and oxygen atoms in total. The average molecular weight is 865 g/mol. The van der Waals surface area contributed by atoms with Crippen molar-refractivity contribution < 1.29 is 9.85 Å². The molecule has 0 unspecified atom stereocenters. The summed E-state index contributed by atoms with van der Waals surface area (Å²) in [4.78, 5) is 63.6. The van der Waals surface area contributed by atoms with E-state index in [1.807, 2.05) is 64.2 Å². The van der Waals surface area contributed by atoms with Crippen LogP contribution in [0.15, 0.2) is 29.3 Å². The van der Waals surface area contributed by atoms with Crippen LogP contribution in [0, 0.1) is 103 Å². The molecule has 60 heavy (non-hydrogen) atoms. The first kappa shape index (κ1) is 42.0. The Morgan fingerprint density at radius 3 is 1.50 bits per heavy atom. The number of hydrogen-bond acceptors (Lipinski definition) is 12. The van der Waals surface area contributed by atoms with E-state index in [9.17, 15) is 25.0 Å². The van der Waals surface area contributed by atoms with Gasteiger partial charge in [-0.3, -0.25) is 29.0 Å². The number of aromatic amines is 1. The zero-order valence-corrected chi connectivity index (χ0v) is 37.5. The van der Waals surface area contributed by atoms with Crippen LogP contribution >= 0.6 is 34.3 Å². The predicted molar refractivity (Wildman–Crippen MR) is 237 cm³/mol. The van der Waals surface area contributed by atoms with Gasteiger partial charge in [-0.05, 0) is 129 Å². The fourth-order valence-corrected chi connectivity index (χ4v) is 10.1. The average Bonchev–Trinajstić information content (AvgIpc) is 3.88. The highest BCUT2D eigenvalue weighted by atomic mass is 35.5. The third-order valence-corrected chi connectivity index (χ3v) is 14.0. The number of nitrogens with one attached hydrogen (secondary N) is 1. The molecule has 8 rings (SSSR count). The highest BCUT2D eigenvalue weighted by molar-refractivity contribution is 7.17. The molecule has 0 saturated heterocycles. The van der Waals surface area contributed by atoms with E-state index >= 15 is 0 Å². The van der Waals surface area contributed by atoms with E-state index in [-0.39, 0.29) is 26.5 Å². The van der Waals surface area contributed by atoms with Gasteiger partial charge in [-0.2, -0.15) is 0 Å². The van der Waals surface area contributed by atoms with Crippen molar-refractivity contribution in [2.75, 3.05) is 0 Å². The monoisotopic (exact) mass is 864 g/mol. The largest absolute Gasteiger partial charge is 0.345 e. The minimum atomic E-state index is -0.461. The number of fused-ring (bicyclic) bond motifs is 2. The number of nitrogens with zero attached hydrogens (tertiary/aromatic N) is 9. The van der Waals surface area contributed by atoms with Crippen molar-refractivity contribution >= 4 is 55.6 Å². The number of rotatable bonds is 6. The van der Waals surface area contributed by atoms with Crippen LogP contribution in [0.5, 0.6) is 0 Å². The van der Waals surface area contributed by atoms with E-state index in [0.717, 1.165) is 70.1 Å². The summed E-state index contributed by atoms with van der Waals surface area (Å²) in [5, 5.41) is 23.8. The van der Waals surface area contributed by atoms with Crippen molar-refractivity contribution in [2.24, 2.45) is 0 Å². The van der Waals surface area contributed by atoms with E-state index < -0.39 is 5.69 Å². The maximum absolute atomic E-state index is 12.0. The molecule has 6 heterocycles. The highest BCUT2D eigenvalue weighted by Crippen LogP contribution is 2.45. The quantitative estimate of drug-likeness (QED) is 0.0955. The molecule has 0 atom stereocenters. The molecule has 0 aliphatic carbocycles. The van der Waals surface area contributed by atoms with E-state index in [4.69, 9.17) is 21.6 Å². The van der Waals surface area contributed by atoms with Crippen molar-refractivity contribution in [3.05, 3.63) is 126 Å². The lowest BCUT2D eigenvalue weighted by Gasteiger charge is -2.16. The predicted octanol–water partition coefficient (Wildman–Crippen LogP) is 10.5. The van der Waals surface area contributed by atoms with Crippen LogP contribution in [0.1, 0.15) is 65.6 Å². The van der Waals surface area contributed by atoms with Crippen LogP contribution in [-0.2, 0) is 0 Å². The Morgan fingerprint density at radius 1 is 0.600 bits per heavy atom. The third kappa shape index (κ3) is 6.66. The number of hydrogen-bond donors (Lipinski definition) is 1. The summed E-state index contributed by atoms with van der Waals surface area (Å²) in [7, 11) is 0. The minimum absolute atomic E-state index is 0.103. The molecule has 0 spiro atoms. The third-order valence-electron chi connectivity index (χ3n) is 11.7. The first-order chi connectivity index (χ1) is 28.3. The van der Waals surface area contributed by atoms with E-state index in [2.05, 4.69) is 19.9 Å². The Kier molecular flexibility index (Phi) is 10.8. The van der Waals surface area contributed by atoms with Crippen molar-refractivity contribution in [1.29, 1.82) is 0 Å². The van der Waals surface area contributed by atoms with Gasteiger partial charge in [0.15, 0.2) is 9.92 Å². The molecule has 308 valence electrons. The van der Waals surface area contributed by atoms with Crippen LogP contribution in [0.4, 0.5) is 11.4 Å². The molecule has 0 saturated carbocycles. The summed E-state index contributed by atoms with van der Waals surface area (Å²) in [6.45, 7) is 22.9. The molecule has 0 radical (unpaired) electrons. The fourth-order valence-electron chi connectivity index (χ4n) is 8.01. The van der Waals surface area contributed by atoms with Gasteiger partial charge in [-0.1, -0.05) is 0 Å². The van der Waals surface area contributed by atoms with Gasteiger partial charge in [-0.15, -0.1) is 22.7 Å². The normalized spacial score (nSPS) is 11.4. The zero-order valence-electron chi connectivity index (χ0n) is 35.1. The Morgan fingerprint density at radius 2 is 1.05 bits per heavy atom. The Balaban J connectivity index is 0.000000181. The molecule has 2 aromatic carbocycles. The van der Waals surface area contributed by atoms with Gasteiger partial charge in [0.25, 0.3) is 11.4 Å². The zero-order chi connectivity index (χ0) is 43.8. The van der Waals surface area contributed by atoms with Gasteiger partial charge >= 0.3 is 5.69 Å². The number of aryl methyl sites for hydroxylation is 4. The second-order valence-electron chi connectivity index (χ2n) is 14.8. The highest BCUT2D eigenvalue weighted by Gasteiger charge is 2.31. The van der Waals surface area contributed by atoms with Gasteiger partial charge in [0.2, 0.25) is 5.28 Å². The van der Waals surface area contributed by atoms with Gasteiger partial charge in [0, 0.05) is 66.9 Å². The molecule has 0 aliphatic heterocycles. The minimum Gasteiger partial charge on any atom is -0.304 e. The number of H-pyrrole nitrogens is 1. The summed E-state index contributed by atoms with van der Waals surface area (Å²) in [6.07, 6.45) is 3.05.